The second-order valence-electron chi connectivity index (χ2n) is 7.85. The predicted molar refractivity (Wildman–Crippen MR) is 128 cm³/mol. The van der Waals surface area contributed by atoms with E-state index in [2.05, 4.69) is 71.3 Å². The van der Waals surface area contributed by atoms with Crippen LogP contribution in [0.15, 0.2) is 54.6 Å². The van der Waals surface area contributed by atoms with Gasteiger partial charge < -0.3 is 14.9 Å². The molecule has 4 heteroatoms. The smallest absolute Gasteiger partial charge is 0.137 e. The zero-order valence-corrected chi connectivity index (χ0v) is 17.3. The van der Waals surface area contributed by atoms with E-state index in [1.165, 1.54) is 16.3 Å². The van der Waals surface area contributed by atoms with Gasteiger partial charge in [0.15, 0.2) is 0 Å². The molecule has 0 spiro atoms. The molecular formula is C26H35N3O. The van der Waals surface area contributed by atoms with Gasteiger partial charge in [0, 0.05) is 43.7 Å². The lowest BCUT2D eigenvalue weighted by molar-refractivity contribution is 0.271. The van der Waals surface area contributed by atoms with Crippen LogP contribution in [0.1, 0.15) is 32.8 Å². The van der Waals surface area contributed by atoms with E-state index in [9.17, 15) is 0 Å². The summed E-state index contributed by atoms with van der Waals surface area (Å²) in [5, 5.41) is 11.5. The Hall–Kier alpha value is -2.43. The molecule has 1 saturated heterocycles. The lowest BCUT2D eigenvalue weighted by Crippen LogP contribution is -2.46. The number of benzene rings is 2. The van der Waals surface area contributed by atoms with E-state index < -0.39 is 0 Å². The van der Waals surface area contributed by atoms with Crippen LogP contribution < -0.4 is 4.90 Å². The Morgan fingerprint density at radius 2 is 1.67 bits per heavy atom. The van der Waals surface area contributed by atoms with Crippen LogP contribution in [-0.2, 0) is 6.42 Å². The molecule has 1 N–H and O–H groups in total. The van der Waals surface area contributed by atoms with Gasteiger partial charge >= 0.3 is 0 Å². The molecule has 0 saturated carbocycles. The van der Waals surface area contributed by atoms with Crippen molar-refractivity contribution in [2.75, 3.05) is 44.2 Å². The summed E-state index contributed by atoms with van der Waals surface area (Å²) in [5.41, 5.74) is 3.52. The quantitative estimate of drug-likeness (QED) is 0.562. The van der Waals surface area contributed by atoms with Crippen LogP contribution in [0.2, 0.25) is 0 Å². The summed E-state index contributed by atoms with van der Waals surface area (Å²) in [4.78, 5) is 10.1. The summed E-state index contributed by atoms with van der Waals surface area (Å²) in [6, 6.07) is 19.6. The van der Waals surface area contributed by atoms with Crippen molar-refractivity contribution in [3.8, 4) is 11.3 Å². The molecule has 0 bridgehead atoms. The third kappa shape index (κ3) is 5.00. The molecule has 1 aliphatic heterocycles. The first-order valence-electron chi connectivity index (χ1n) is 10.9. The van der Waals surface area contributed by atoms with Crippen molar-refractivity contribution in [2.24, 2.45) is 0 Å². The number of fused-ring (bicyclic) bond motifs is 1. The summed E-state index contributed by atoms with van der Waals surface area (Å²) in [7, 11) is 0. The van der Waals surface area contributed by atoms with Gasteiger partial charge in [0.2, 0.25) is 0 Å². The first-order chi connectivity index (χ1) is 14.3. The van der Waals surface area contributed by atoms with Gasteiger partial charge in [0.25, 0.3) is 0 Å². The van der Waals surface area contributed by atoms with Gasteiger partial charge in [-0.1, -0.05) is 62.9 Å². The van der Waals surface area contributed by atoms with Crippen molar-refractivity contribution in [1.82, 2.24) is 9.88 Å². The maximum Gasteiger partial charge on any atom is 0.137 e. The molecule has 1 aromatic heterocycles. The van der Waals surface area contributed by atoms with Crippen LogP contribution in [0.25, 0.3) is 22.0 Å². The molecule has 2 heterocycles. The Bertz CT molecular complexity index is 931. The van der Waals surface area contributed by atoms with Crippen LogP contribution in [-0.4, -0.2) is 54.3 Å². The van der Waals surface area contributed by atoms with Gasteiger partial charge in [-0.25, -0.2) is 4.98 Å². The molecule has 0 unspecified atom stereocenters. The van der Waals surface area contributed by atoms with Gasteiger partial charge in [0.05, 0.1) is 5.69 Å². The van der Waals surface area contributed by atoms with E-state index in [4.69, 9.17) is 10.1 Å². The van der Waals surface area contributed by atoms with Crippen LogP contribution in [0, 0.1) is 0 Å². The van der Waals surface area contributed by atoms with E-state index >= 15 is 0 Å². The number of aromatic nitrogens is 1. The monoisotopic (exact) mass is 405 g/mol. The number of hydrogen-bond acceptors (Lipinski definition) is 4. The Kier molecular flexibility index (Phi) is 7.83. The molecule has 4 rings (SSSR count). The molecule has 3 aromatic rings. The van der Waals surface area contributed by atoms with Crippen LogP contribution in [0.5, 0.6) is 0 Å². The van der Waals surface area contributed by atoms with E-state index in [-0.39, 0.29) is 14.0 Å². The number of nitrogens with zero attached hydrogens (tertiary/aromatic N) is 3. The first kappa shape index (κ1) is 22.3. The molecule has 30 heavy (non-hydrogen) atoms. The summed E-state index contributed by atoms with van der Waals surface area (Å²) < 4.78 is 0. The van der Waals surface area contributed by atoms with E-state index in [1.807, 2.05) is 0 Å². The van der Waals surface area contributed by atoms with Crippen molar-refractivity contribution in [1.29, 1.82) is 0 Å². The minimum Gasteiger partial charge on any atom is -0.396 e. The fourth-order valence-corrected chi connectivity index (χ4v) is 4.13. The maximum absolute atomic E-state index is 8.97. The van der Waals surface area contributed by atoms with Crippen molar-refractivity contribution in [3.63, 3.8) is 0 Å². The van der Waals surface area contributed by atoms with Crippen molar-refractivity contribution < 1.29 is 5.11 Å². The van der Waals surface area contributed by atoms with Gasteiger partial charge in [-0.2, -0.15) is 0 Å². The fourth-order valence-electron chi connectivity index (χ4n) is 4.13. The lowest BCUT2D eigenvalue weighted by Gasteiger charge is -2.35. The SMILES string of the molecule is C.CCN1CCN(c2nc(-c3ccc(CCCCO)cc3)cc3ccccc23)CC1. The molecular weight excluding hydrogens is 370 g/mol. The molecule has 4 nitrogen and oxygen atoms in total. The van der Waals surface area contributed by atoms with Crippen LogP contribution in [0.3, 0.4) is 0 Å². The average molecular weight is 406 g/mol. The number of aryl methyl sites for hydroxylation is 1. The summed E-state index contributed by atoms with van der Waals surface area (Å²) >= 11 is 0. The van der Waals surface area contributed by atoms with Crippen LogP contribution >= 0.6 is 0 Å². The number of likely N-dealkylation sites (N-methyl/N-ethyl adjacent to an activating group) is 1. The van der Waals surface area contributed by atoms with Gasteiger partial charge in [-0.3, -0.25) is 0 Å². The lowest BCUT2D eigenvalue weighted by atomic mass is 10.0. The number of piperazine rings is 1. The van der Waals surface area contributed by atoms with E-state index in [0.717, 1.165) is 69.1 Å². The minimum atomic E-state index is 0. The Morgan fingerprint density at radius 3 is 2.37 bits per heavy atom. The summed E-state index contributed by atoms with van der Waals surface area (Å²) in [6.07, 6.45) is 2.90. The number of anilines is 1. The topological polar surface area (TPSA) is 39.6 Å². The number of unbranched alkanes of at least 4 members (excludes halogenated alkanes) is 1. The van der Waals surface area contributed by atoms with Crippen molar-refractivity contribution in [2.45, 2.75) is 33.6 Å². The fraction of sp³-hybridized carbons (Fsp3) is 0.423. The first-order valence-corrected chi connectivity index (χ1v) is 10.9. The third-order valence-electron chi connectivity index (χ3n) is 5.96. The third-order valence-corrected chi connectivity index (χ3v) is 5.96. The number of hydrogen-bond donors (Lipinski definition) is 1. The highest BCUT2D eigenvalue weighted by atomic mass is 16.2. The van der Waals surface area contributed by atoms with Gasteiger partial charge in [-0.15, -0.1) is 0 Å². The molecule has 2 aromatic carbocycles. The molecule has 1 aliphatic rings. The predicted octanol–water partition coefficient (Wildman–Crippen LogP) is 4.99. The van der Waals surface area contributed by atoms with E-state index in [0.29, 0.717) is 0 Å². The number of aliphatic hydroxyl groups is 1. The molecule has 0 radical (unpaired) electrons. The minimum absolute atomic E-state index is 0. The largest absolute Gasteiger partial charge is 0.396 e. The highest BCUT2D eigenvalue weighted by Gasteiger charge is 2.19. The highest BCUT2D eigenvalue weighted by molar-refractivity contribution is 5.95. The summed E-state index contributed by atoms with van der Waals surface area (Å²) in [6.45, 7) is 7.87. The maximum atomic E-state index is 8.97. The molecule has 0 atom stereocenters. The van der Waals surface area contributed by atoms with Crippen molar-refractivity contribution >= 4 is 16.6 Å². The Morgan fingerprint density at radius 1 is 0.933 bits per heavy atom. The standard InChI is InChI=1S/C25H31N3O.CH4/c1-2-27-14-16-28(17-15-27)25-23-9-4-3-8-22(23)19-24(26-25)21-12-10-20(11-13-21)7-5-6-18-29;/h3-4,8-13,19,29H,2,5-7,14-18H2,1H3;1H4. The average Bonchev–Trinajstić information content (AvgIpc) is 2.79. The Balaban J connectivity index is 0.00000256. The summed E-state index contributed by atoms with van der Waals surface area (Å²) in [5.74, 6) is 1.11. The zero-order chi connectivity index (χ0) is 20.1. The number of rotatable bonds is 7. The second kappa shape index (κ2) is 10.6. The molecule has 0 amide bonds. The second-order valence-corrected chi connectivity index (χ2v) is 7.85. The van der Waals surface area contributed by atoms with Gasteiger partial charge in [0.1, 0.15) is 5.82 Å². The Labute approximate surface area is 181 Å². The zero-order valence-electron chi connectivity index (χ0n) is 17.3. The highest BCUT2D eigenvalue weighted by Crippen LogP contribution is 2.31. The normalized spacial score (nSPS) is 14.7. The van der Waals surface area contributed by atoms with Crippen LogP contribution in [0.4, 0.5) is 5.82 Å². The van der Waals surface area contributed by atoms with E-state index in [1.54, 1.807) is 0 Å². The number of aliphatic hydroxyl groups excluding tert-OH is 1. The molecule has 160 valence electrons. The van der Waals surface area contributed by atoms with Gasteiger partial charge in [-0.05, 0) is 42.8 Å². The number of pyridine rings is 1. The van der Waals surface area contributed by atoms with Crippen molar-refractivity contribution in [3.05, 3.63) is 60.2 Å². The molecule has 0 aliphatic carbocycles. The molecule has 1 fully saturated rings.